The van der Waals surface area contributed by atoms with Gasteiger partial charge in [0.2, 0.25) is 0 Å². The molecule has 3 aromatic heterocycles. The van der Waals surface area contributed by atoms with Crippen LogP contribution in [0.3, 0.4) is 0 Å². The molecule has 1 aliphatic rings. The molecule has 4 N–H and O–H groups in total. The van der Waals surface area contributed by atoms with Crippen LogP contribution in [0.1, 0.15) is 33.2 Å². The van der Waals surface area contributed by atoms with Crippen molar-refractivity contribution in [2.45, 2.75) is 19.3 Å². The zero-order valence-corrected chi connectivity index (χ0v) is 16.7. The highest BCUT2D eigenvalue weighted by Gasteiger charge is 2.33. The maximum atomic E-state index is 13.3. The summed E-state index contributed by atoms with van der Waals surface area (Å²) in [5.74, 6) is 0.505. The summed E-state index contributed by atoms with van der Waals surface area (Å²) in [5.41, 5.74) is 11.7. The highest BCUT2D eigenvalue weighted by atomic mass is 35.5. The van der Waals surface area contributed by atoms with Gasteiger partial charge in [0.1, 0.15) is 11.4 Å². The molecule has 142 valence electrons. The van der Waals surface area contributed by atoms with Crippen molar-refractivity contribution < 1.29 is 9.90 Å². The minimum Gasteiger partial charge on any atom is -0.506 e. The average Bonchev–Trinajstić information content (AvgIpc) is 3.36. The molecule has 1 unspecified atom stereocenters. The Balaban J connectivity index is 1.65. The van der Waals surface area contributed by atoms with Gasteiger partial charge in [-0.2, -0.15) is 0 Å². The van der Waals surface area contributed by atoms with Crippen LogP contribution in [0.25, 0.3) is 21.3 Å². The van der Waals surface area contributed by atoms with Crippen molar-refractivity contribution in [2.75, 3.05) is 11.6 Å². The normalized spacial score (nSPS) is 15.6. The summed E-state index contributed by atoms with van der Waals surface area (Å²) in [6, 6.07) is 7.27. The third-order valence-corrected chi connectivity index (χ3v) is 6.97. The zero-order valence-electron chi connectivity index (χ0n) is 15.1. The molecule has 0 amide bonds. The van der Waals surface area contributed by atoms with Crippen molar-refractivity contribution in [3.8, 4) is 16.2 Å². The summed E-state index contributed by atoms with van der Waals surface area (Å²) >= 11 is 7.85. The summed E-state index contributed by atoms with van der Waals surface area (Å²) in [6.45, 7) is 2.06. The van der Waals surface area contributed by atoms with Crippen molar-refractivity contribution in [1.82, 2.24) is 9.55 Å². The van der Waals surface area contributed by atoms with E-state index in [1.165, 1.54) is 17.3 Å². The van der Waals surface area contributed by atoms with Crippen LogP contribution in [0, 0.1) is 6.92 Å². The second-order valence-corrected chi connectivity index (χ2v) is 8.45. The number of benzene rings is 1. The number of aryl methyl sites for hydroxylation is 1. The van der Waals surface area contributed by atoms with Crippen LogP contribution in [0.15, 0.2) is 35.8 Å². The van der Waals surface area contributed by atoms with Crippen LogP contribution in [0.4, 0.5) is 5.69 Å². The van der Waals surface area contributed by atoms with Gasteiger partial charge in [0.15, 0.2) is 0 Å². The number of nitrogens with one attached hydrogen (secondary N) is 1. The van der Waals surface area contributed by atoms with E-state index >= 15 is 0 Å². The number of hydrogen-bond acceptors (Lipinski definition) is 4. The van der Waals surface area contributed by atoms with Crippen molar-refractivity contribution in [3.05, 3.63) is 58.4 Å². The molecular weight excluding hydrogens is 394 g/mol. The Labute approximate surface area is 170 Å². The van der Waals surface area contributed by atoms with E-state index in [-0.39, 0.29) is 17.6 Å². The number of nitrogens with two attached hydrogens (primary N) is 1. The van der Waals surface area contributed by atoms with Crippen LogP contribution in [0.5, 0.6) is 5.75 Å². The number of carbonyl (C=O) groups is 1. The van der Waals surface area contributed by atoms with Gasteiger partial charge in [-0.1, -0.05) is 0 Å². The number of alkyl halides is 1. The Morgan fingerprint density at radius 3 is 3.04 bits per heavy atom. The Bertz CT molecular complexity index is 1250. The number of carbonyl (C=O) groups excluding carboxylic acids is 1. The summed E-state index contributed by atoms with van der Waals surface area (Å²) in [6.07, 6.45) is 2.13. The Hall–Kier alpha value is -2.70. The first-order chi connectivity index (χ1) is 13.5. The molecule has 1 atom stereocenters. The molecule has 0 saturated carbocycles. The predicted octanol–water partition coefficient (Wildman–Crippen LogP) is 4.86. The number of nitrogen functional groups attached to an aromatic ring is 1. The number of aromatic nitrogens is 2. The average molecular weight is 412 g/mol. The van der Waals surface area contributed by atoms with E-state index < -0.39 is 0 Å². The fraction of sp³-hybridized carbons (Fsp3) is 0.190. The molecule has 7 heteroatoms. The van der Waals surface area contributed by atoms with Crippen LogP contribution in [-0.4, -0.2) is 26.4 Å². The molecule has 0 radical (unpaired) electrons. The number of nitrogens with zero attached hydrogens (tertiary/aromatic N) is 1. The Kier molecular flexibility index (Phi) is 3.82. The summed E-state index contributed by atoms with van der Waals surface area (Å²) in [7, 11) is 0. The first-order valence-electron chi connectivity index (χ1n) is 8.98. The number of halogens is 1. The quantitative estimate of drug-likeness (QED) is 0.325. The van der Waals surface area contributed by atoms with E-state index in [4.69, 9.17) is 17.3 Å². The van der Waals surface area contributed by atoms with Crippen molar-refractivity contribution in [2.24, 2.45) is 0 Å². The molecule has 1 aliphatic carbocycles. The van der Waals surface area contributed by atoms with Gasteiger partial charge in [0.05, 0.1) is 11.8 Å². The Morgan fingerprint density at radius 1 is 1.43 bits per heavy atom. The first kappa shape index (κ1) is 17.4. The molecule has 1 aromatic carbocycles. The lowest BCUT2D eigenvalue weighted by molar-refractivity contribution is 0.0952. The van der Waals surface area contributed by atoms with Gasteiger partial charge in [-0.3, -0.25) is 9.36 Å². The molecule has 0 fully saturated rings. The number of aromatic amines is 1. The van der Waals surface area contributed by atoms with Gasteiger partial charge in [-0.25, -0.2) is 0 Å². The standard InChI is InChI=1S/C21H18ClN3O2S/c1-10-9-28-20-18(10)12(7-22)6-16-19(20)17(26)8-25(16)21(27)15-5-11-4-13(23)2-3-14(11)24-15/h2-5,8-9,12,24,26H,6-7,23H2,1H3. The summed E-state index contributed by atoms with van der Waals surface area (Å²) in [5, 5.41) is 13.6. The number of rotatable bonds is 2. The van der Waals surface area contributed by atoms with Crippen LogP contribution >= 0.6 is 22.9 Å². The number of anilines is 1. The topological polar surface area (TPSA) is 84.0 Å². The zero-order chi connectivity index (χ0) is 19.6. The summed E-state index contributed by atoms with van der Waals surface area (Å²) in [4.78, 5) is 17.4. The van der Waals surface area contributed by atoms with Gasteiger partial charge in [-0.15, -0.1) is 22.9 Å². The molecule has 3 heterocycles. The third-order valence-electron chi connectivity index (χ3n) is 5.47. The third kappa shape index (κ3) is 2.41. The number of hydrogen-bond donors (Lipinski definition) is 3. The highest BCUT2D eigenvalue weighted by molar-refractivity contribution is 7.14. The fourth-order valence-electron chi connectivity index (χ4n) is 4.18. The van der Waals surface area contributed by atoms with E-state index in [0.29, 0.717) is 23.7 Å². The number of thiophene rings is 1. The maximum Gasteiger partial charge on any atom is 0.278 e. The molecule has 4 aromatic rings. The number of aromatic hydroxyl groups is 1. The van der Waals surface area contributed by atoms with Gasteiger partial charge in [-0.05, 0) is 54.1 Å². The van der Waals surface area contributed by atoms with Crippen molar-refractivity contribution in [3.63, 3.8) is 0 Å². The lowest BCUT2D eigenvalue weighted by Gasteiger charge is -2.23. The molecule has 28 heavy (non-hydrogen) atoms. The minimum atomic E-state index is -0.212. The lowest BCUT2D eigenvalue weighted by atomic mass is 9.85. The van der Waals surface area contributed by atoms with Gasteiger partial charge >= 0.3 is 0 Å². The second-order valence-electron chi connectivity index (χ2n) is 7.26. The molecular formula is C21H18ClN3O2S. The smallest absolute Gasteiger partial charge is 0.278 e. The van der Waals surface area contributed by atoms with Crippen LogP contribution < -0.4 is 5.73 Å². The van der Waals surface area contributed by atoms with Crippen LogP contribution in [0.2, 0.25) is 0 Å². The monoisotopic (exact) mass is 411 g/mol. The van der Waals surface area contributed by atoms with E-state index in [1.54, 1.807) is 28.0 Å². The van der Waals surface area contributed by atoms with Crippen LogP contribution in [-0.2, 0) is 6.42 Å². The van der Waals surface area contributed by atoms with E-state index in [0.717, 1.165) is 27.0 Å². The largest absolute Gasteiger partial charge is 0.506 e. The minimum absolute atomic E-state index is 0.124. The van der Waals surface area contributed by atoms with Gasteiger partial charge in [0.25, 0.3) is 5.91 Å². The predicted molar refractivity (Wildman–Crippen MR) is 114 cm³/mol. The number of fused-ring (bicyclic) bond motifs is 4. The van der Waals surface area contributed by atoms with E-state index in [9.17, 15) is 9.90 Å². The molecule has 0 saturated heterocycles. The Morgan fingerprint density at radius 2 is 2.25 bits per heavy atom. The molecule has 0 aliphatic heterocycles. The maximum absolute atomic E-state index is 13.3. The SMILES string of the molecule is Cc1csc2c1C(CCl)Cc1c-2c(O)cn1C(=O)c1cc2cc(N)ccc2[nH]1. The molecule has 0 bridgehead atoms. The van der Waals surface area contributed by atoms with Crippen molar-refractivity contribution >= 4 is 45.4 Å². The van der Waals surface area contributed by atoms with Gasteiger partial charge in [0, 0.05) is 39.0 Å². The van der Waals surface area contributed by atoms with E-state index in [2.05, 4.69) is 17.3 Å². The number of H-pyrrole nitrogens is 1. The molecule has 5 rings (SSSR count). The van der Waals surface area contributed by atoms with E-state index in [1.807, 2.05) is 12.1 Å². The van der Waals surface area contributed by atoms with Gasteiger partial charge < -0.3 is 15.8 Å². The highest BCUT2D eigenvalue weighted by Crippen LogP contribution is 2.49. The summed E-state index contributed by atoms with van der Waals surface area (Å²) < 4.78 is 1.55. The van der Waals surface area contributed by atoms with Crippen molar-refractivity contribution in [1.29, 1.82) is 0 Å². The second kappa shape index (κ2) is 6.15. The lowest BCUT2D eigenvalue weighted by Crippen LogP contribution is -2.19. The fourth-order valence-corrected chi connectivity index (χ4v) is 5.66. The molecule has 5 nitrogen and oxygen atoms in total. The first-order valence-corrected chi connectivity index (χ1v) is 10.4. The molecule has 0 spiro atoms.